The molecule has 0 aromatic carbocycles. The summed E-state index contributed by atoms with van der Waals surface area (Å²) in [5.41, 5.74) is 0. The normalized spacial score (nSPS) is 13.4. The first-order valence-electron chi connectivity index (χ1n) is 4.04. The first-order valence-corrected chi connectivity index (χ1v) is 4.04. The van der Waals surface area contributed by atoms with Gasteiger partial charge in [0.25, 0.3) is 0 Å². The minimum absolute atomic E-state index is 0.181. The minimum atomic E-state index is -2.78. The Labute approximate surface area is 75.1 Å². The molecule has 5 heteroatoms. The molecule has 0 aliphatic rings. The molecule has 0 fully saturated rings. The monoisotopic (exact) mass is 202 g/mol. The zero-order chi connectivity index (χ0) is 10.5. The molecule has 0 N–H and O–H groups in total. The van der Waals surface area contributed by atoms with Gasteiger partial charge in [-0.05, 0) is 13.8 Å². The minimum Gasteiger partial charge on any atom is -0.381 e. The van der Waals surface area contributed by atoms with E-state index < -0.39 is 24.7 Å². The molecule has 0 aromatic rings. The Kier molecular flexibility index (Phi) is 4.67. The van der Waals surface area contributed by atoms with Crippen LogP contribution in [0.1, 0.15) is 26.7 Å². The highest BCUT2D eigenvalue weighted by Crippen LogP contribution is 2.18. The topological polar surface area (TPSA) is 9.23 Å². The van der Waals surface area contributed by atoms with Crippen LogP contribution in [-0.4, -0.2) is 25.1 Å². The van der Waals surface area contributed by atoms with Crippen molar-refractivity contribution in [1.82, 2.24) is 0 Å². The van der Waals surface area contributed by atoms with Gasteiger partial charge in [-0.2, -0.15) is 0 Å². The summed E-state index contributed by atoms with van der Waals surface area (Å²) in [6.07, 6.45) is -0.857. The molecule has 13 heavy (non-hydrogen) atoms. The van der Waals surface area contributed by atoms with E-state index in [1.165, 1.54) is 0 Å². The molecule has 0 aliphatic heterocycles. The molecule has 0 amide bonds. The van der Waals surface area contributed by atoms with Gasteiger partial charge in [0.05, 0.1) is 13.2 Å². The Balaban J connectivity index is 3.28. The number of rotatable bonds is 6. The molecule has 0 rings (SSSR count). The SMILES string of the molecule is CC(F)(F)CCOCCC(C)(F)F. The fourth-order valence-corrected chi connectivity index (χ4v) is 0.605. The summed E-state index contributed by atoms with van der Waals surface area (Å²) in [4.78, 5) is 0. The molecule has 0 aliphatic carbocycles. The summed E-state index contributed by atoms with van der Waals surface area (Å²) in [7, 11) is 0. The Hall–Kier alpha value is -0.320. The van der Waals surface area contributed by atoms with Gasteiger partial charge in [-0.15, -0.1) is 0 Å². The molecule has 0 heterocycles. The summed E-state index contributed by atoms with van der Waals surface area (Å²) in [6, 6.07) is 0. The van der Waals surface area contributed by atoms with Crippen LogP contribution in [0.4, 0.5) is 17.6 Å². The fraction of sp³-hybridized carbons (Fsp3) is 1.00. The van der Waals surface area contributed by atoms with Crippen LogP contribution < -0.4 is 0 Å². The standard InChI is InChI=1S/C8H14F4O/c1-7(9,10)3-5-13-6-4-8(2,11)12/h3-6H2,1-2H3. The molecule has 0 unspecified atom stereocenters. The molecular formula is C8H14F4O. The average molecular weight is 202 g/mol. The van der Waals surface area contributed by atoms with Crippen LogP contribution in [0.2, 0.25) is 0 Å². The smallest absolute Gasteiger partial charge is 0.247 e. The van der Waals surface area contributed by atoms with Gasteiger partial charge < -0.3 is 4.74 Å². The summed E-state index contributed by atoms with van der Waals surface area (Å²) >= 11 is 0. The van der Waals surface area contributed by atoms with Gasteiger partial charge in [0.1, 0.15) is 0 Å². The lowest BCUT2D eigenvalue weighted by molar-refractivity contribution is -0.0392. The van der Waals surface area contributed by atoms with Gasteiger partial charge in [-0.3, -0.25) is 0 Å². The highest BCUT2D eigenvalue weighted by molar-refractivity contribution is 4.58. The van der Waals surface area contributed by atoms with E-state index in [-0.39, 0.29) is 13.2 Å². The number of halogens is 4. The van der Waals surface area contributed by atoms with Crippen molar-refractivity contribution in [3.8, 4) is 0 Å². The van der Waals surface area contributed by atoms with Crippen LogP contribution >= 0.6 is 0 Å². The Morgan fingerprint density at radius 1 is 0.846 bits per heavy atom. The van der Waals surface area contributed by atoms with E-state index in [2.05, 4.69) is 4.74 Å². The van der Waals surface area contributed by atoms with E-state index in [1.807, 2.05) is 0 Å². The first-order chi connectivity index (χ1) is 5.71. The number of alkyl halides is 4. The molecule has 0 bridgehead atoms. The Bertz CT molecular complexity index is 120. The third-order valence-electron chi connectivity index (χ3n) is 1.37. The first kappa shape index (κ1) is 12.7. The van der Waals surface area contributed by atoms with Crippen LogP contribution in [0.3, 0.4) is 0 Å². The average Bonchev–Trinajstić information content (AvgIpc) is 1.81. The molecule has 0 atom stereocenters. The van der Waals surface area contributed by atoms with Gasteiger partial charge in [-0.1, -0.05) is 0 Å². The van der Waals surface area contributed by atoms with Crippen molar-refractivity contribution in [2.45, 2.75) is 38.5 Å². The summed E-state index contributed by atoms with van der Waals surface area (Å²) in [5.74, 6) is -5.57. The molecule has 0 saturated heterocycles. The summed E-state index contributed by atoms with van der Waals surface area (Å²) < 4.78 is 53.2. The second kappa shape index (κ2) is 4.79. The van der Waals surface area contributed by atoms with E-state index in [4.69, 9.17) is 0 Å². The van der Waals surface area contributed by atoms with Gasteiger partial charge in [0, 0.05) is 12.8 Å². The third kappa shape index (κ3) is 11.7. The van der Waals surface area contributed by atoms with Crippen LogP contribution in [0.5, 0.6) is 0 Å². The lowest BCUT2D eigenvalue weighted by Gasteiger charge is -2.12. The predicted molar refractivity (Wildman–Crippen MR) is 41.3 cm³/mol. The zero-order valence-corrected chi connectivity index (χ0v) is 7.75. The fourth-order valence-electron chi connectivity index (χ4n) is 0.605. The Morgan fingerprint density at radius 3 is 1.38 bits per heavy atom. The van der Waals surface area contributed by atoms with Crippen LogP contribution in [-0.2, 0) is 4.74 Å². The second-order valence-corrected chi connectivity index (χ2v) is 3.25. The van der Waals surface area contributed by atoms with E-state index in [1.54, 1.807) is 0 Å². The zero-order valence-electron chi connectivity index (χ0n) is 7.75. The van der Waals surface area contributed by atoms with Gasteiger partial charge in [0.2, 0.25) is 11.8 Å². The number of hydrogen-bond donors (Lipinski definition) is 0. The van der Waals surface area contributed by atoms with Gasteiger partial charge in [0.15, 0.2) is 0 Å². The van der Waals surface area contributed by atoms with Crippen LogP contribution in [0.15, 0.2) is 0 Å². The molecule has 80 valence electrons. The largest absolute Gasteiger partial charge is 0.381 e. The molecular weight excluding hydrogens is 188 g/mol. The van der Waals surface area contributed by atoms with Crippen molar-refractivity contribution in [2.24, 2.45) is 0 Å². The second-order valence-electron chi connectivity index (χ2n) is 3.25. The molecule has 0 radical (unpaired) electrons. The van der Waals surface area contributed by atoms with Gasteiger partial charge >= 0.3 is 0 Å². The van der Waals surface area contributed by atoms with Crippen molar-refractivity contribution < 1.29 is 22.3 Å². The van der Waals surface area contributed by atoms with Crippen molar-refractivity contribution >= 4 is 0 Å². The maximum absolute atomic E-state index is 12.2. The van der Waals surface area contributed by atoms with E-state index in [0.717, 1.165) is 13.8 Å². The van der Waals surface area contributed by atoms with Crippen LogP contribution in [0.25, 0.3) is 0 Å². The maximum atomic E-state index is 12.2. The highest BCUT2D eigenvalue weighted by atomic mass is 19.3. The lowest BCUT2D eigenvalue weighted by Crippen LogP contribution is -2.17. The van der Waals surface area contributed by atoms with Crippen molar-refractivity contribution in [3.63, 3.8) is 0 Å². The molecule has 0 spiro atoms. The van der Waals surface area contributed by atoms with Crippen LogP contribution in [0, 0.1) is 0 Å². The van der Waals surface area contributed by atoms with Crippen molar-refractivity contribution in [2.75, 3.05) is 13.2 Å². The Morgan fingerprint density at radius 2 is 1.15 bits per heavy atom. The van der Waals surface area contributed by atoms with Gasteiger partial charge in [-0.25, -0.2) is 17.6 Å². The van der Waals surface area contributed by atoms with E-state index in [9.17, 15) is 17.6 Å². The number of ether oxygens (including phenoxy) is 1. The maximum Gasteiger partial charge on any atom is 0.247 e. The molecule has 1 nitrogen and oxygen atoms in total. The lowest BCUT2D eigenvalue weighted by atomic mass is 10.3. The molecule has 0 aromatic heterocycles. The van der Waals surface area contributed by atoms with E-state index in [0.29, 0.717) is 0 Å². The van der Waals surface area contributed by atoms with Crippen molar-refractivity contribution in [3.05, 3.63) is 0 Å². The predicted octanol–water partition coefficient (Wildman–Crippen LogP) is 3.09. The molecule has 0 saturated carbocycles. The summed E-state index contributed by atoms with van der Waals surface area (Å²) in [6.45, 7) is 1.18. The summed E-state index contributed by atoms with van der Waals surface area (Å²) in [5, 5.41) is 0. The van der Waals surface area contributed by atoms with Crippen molar-refractivity contribution in [1.29, 1.82) is 0 Å². The quantitative estimate of drug-likeness (QED) is 0.475. The highest BCUT2D eigenvalue weighted by Gasteiger charge is 2.22. The number of hydrogen-bond acceptors (Lipinski definition) is 1. The van der Waals surface area contributed by atoms with E-state index >= 15 is 0 Å². The third-order valence-corrected chi connectivity index (χ3v) is 1.37.